The van der Waals surface area contributed by atoms with Gasteiger partial charge < -0.3 is 9.84 Å². The minimum Gasteiger partial charge on any atom is -0.496 e. The summed E-state index contributed by atoms with van der Waals surface area (Å²) in [4.78, 5) is 0. The van der Waals surface area contributed by atoms with Crippen LogP contribution in [0.4, 0.5) is 0 Å². The van der Waals surface area contributed by atoms with E-state index in [1.165, 1.54) is 12.7 Å². The molecular weight excluding hydrogens is 140 g/mol. The molecule has 2 atom stereocenters. The number of ether oxygens (including phenoxy) is 1. The largest absolute Gasteiger partial charge is 0.496 e. The second kappa shape index (κ2) is 4.39. The van der Waals surface area contributed by atoms with Gasteiger partial charge in [0.05, 0.1) is 12.4 Å². The third-order valence-corrected chi connectivity index (χ3v) is 2.19. The van der Waals surface area contributed by atoms with Crippen molar-refractivity contribution >= 4 is 0 Å². The van der Waals surface area contributed by atoms with Gasteiger partial charge in [-0.05, 0) is 19.3 Å². The second-order valence-electron chi connectivity index (χ2n) is 3.05. The van der Waals surface area contributed by atoms with Gasteiger partial charge in [0.15, 0.2) is 0 Å². The van der Waals surface area contributed by atoms with Gasteiger partial charge in [-0.25, -0.2) is 0 Å². The molecule has 64 valence electrons. The summed E-state index contributed by atoms with van der Waals surface area (Å²) in [6.07, 6.45) is 6.48. The van der Waals surface area contributed by atoms with Gasteiger partial charge in [0, 0.05) is 0 Å². The maximum Gasteiger partial charge on any atom is 0.124 e. The first-order chi connectivity index (χ1) is 5.34. The van der Waals surface area contributed by atoms with Crippen molar-refractivity contribution in [2.45, 2.75) is 44.3 Å². The van der Waals surface area contributed by atoms with E-state index in [0.29, 0.717) is 0 Å². The molecule has 1 aliphatic rings. The number of hydrogen-bond acceptors (Lipinski definition) is 2. The minimum absolute atomic E-state index is 0.00463. The Morgan fingerprint density at radius 3 is 2.73 bits per heavy atom. The predicted octanol–water partition coefficient (Wildman–Crippen LogP) is 1.84. The molecule has 2 heteroatoms. The van der Waals surface area contributed by atoms with Crippen LogP contribution in [-0.4, -0.2) is 17.3 Å². The van der Waals surface area contributed by atoms with E-state index in [1.807, 2.05) is 0 Å². The zero-order valence-corrected chi connectivity index (χ0v) is 6.83. The molecule has 0 aliphatic heterocycles. The van der Waals surface area contributed by atoms with E-state index in [0.717, 1.165) is 25.7 Å². The Balaban J connectivity index is 2.38. The van der Waals surface area contributed by atoms with E-state index in [-0.39, 0.29) is 12.2 Å². The van der Waals surface area contributed by atoms with Crippen molar-refractivity contribution in [2.75, 3.05) is 0 Å². The van der Waals surface area contributed by atoms with Crippen LogP contribution in [0.5, 0.6) is 0 Å². The molecule has 2 unspecified atom stereocenters. The lowest BCUT2D eigenvalue weighted by atomic mass is 10.1. The maximum atomic E-state index is 9.51. The molecule has 0 heterocycles. The Labute approximate surface area is 67.9 Å². The molecule has 2 nitrogen and oxygen atoms in total. The van der Waals surface area contributed by atoms with Gasteiger partial charge in [-0.1, -0.05) is 19.4 Å². The zero-order valence-electron chi connectivity index (χ0n) is 6.83. The average Bonchev–Trinajstić information content (AvgIpc) is 2.18. The summed E-state index contributed by atoms with van der Waals surface area (Å²) in [7, 11) is 0. The van der Waals surface area contributed by atoms with Gasteiger partial charge in [-0.3, -0.25) is 0 Å². The topological polar surface area (TPSA) is 29.5 Å². The van der Waals surface area contributed by atoms with E-state index in [2.05, 4.69) is 6.58 Å². The van der Waals surface area contributed by atoms with Crippen LogP contribution in [0.25, 0.3) is 0 Å². The highest BCUT2D eigenvalue weighted by Crippen LogP contribution is 2.20. The monoisotopic (exact) mass is 156 g/mol. The highest BCUT2D eigenvalue weighted by Gasteiger charge is 2.21. The molecule has 1 fully saturated rings. The van der Waals surface area contributed by atoms with Crippen molar-refractivity contribution in [2.24, 2.45) is 0 Å². The summed E-state index contributed by atoms with van der Waals surface area (Å²) in [5.41, 5.74) is 0. The summed E-state index contributed by atoms with van der Waals surface area (Å²) >= 11 is 0. The van der Waals surface area contributed by atoms with E-state index in [9.17, 15) is 5.11 Å². The third-order valence-electron chi connectivity index (χ3n) is 2.19. The molecule has 0 aromatic rings. The lowest BCUT2D eigenvalue weighted by Gasteiger charge is -2.18. The Kier molecular flexibility index (Phi) is 3.43. The predicted molar refractivity (Wildman–Crippen MR) is 44.2 cm³/mol. The molecule has 0 spiro atoms. The summed E-state index contributed by atoms with van der Waals surface area (Å²) < 4.78 is 5.19. The number of rotatable bonds is 2. The fraction of sp³-hybridized carbons (Fsp3) is 0.778. The van der Waals surface area contributed by atoms with Gasteiger partial charge in [0.25, 0.3) is 0 Å². The third kappa shape index (κ3) is 2.54. The quantitative estimate of drug-likeness (QED) is 0.488. The summed E-state index contributed by atoms with van der Waals surface area (Å²) in [6, 6.07) is 0. The number of aliphatic hydroxyl groups is 1. The molecule has 1 aliphatic carbocycles. The van der Waals surface area contributed by atoms with Crippen molar-refractivity contribution in [3.8, 4) is 0 Å². The Morgan fingerprint density at radius 1 is 1.27 bits per heavy atom. The summed E-state index contributed by atoms with van der Waals surface area (Å²) in [6.45, 7) is 3.49. The van der Waals surface area contributed by atoms with Gasteiger partial charge >= 0.3 is 0 Å². The molecule has 0 radical (unpaired) electrons. The molecule has 0 saturated heterocycles. The second-order valence-corrected chi connectivity index (χ2v) is 3.05. The fourth-order valence-electron chi connectivity index (χ4n) is 1.54. The number of aliphatic hydroxyl groups excluding tert-OH is 1. The van der Waals surface area contributed by atoms with E-state index in [1.54, 1.807) is 0 Å². The van der Waals surface area contributed by atoms with E-state index >= 15 is 0 Å². The molecule has 11 heavy (non-hydrogen) atoms. The molecule has 0 amide bonds. The van der Waals surface area contributed by atoms with Crippen LogP contribution < -0.4 is 0 Å². The number of hydrogen-bond donors (Lipinski definition) is 1. The lowest BCUT2D eigenvalue weighted by molar-refractivity contribution is 0.00563. The Bertz CT molecular complexity index is 123. The Hall–Kier alpha value is -0.500. The molecule has 0 bridgehead atoms. The smallest absolute Gasteiger partial charge is 0.124 e. The summed E-state index contributed by atoms with van der Waals surface area (Å²) in [5.74, 6) is 0. The fourth-order valence-corrected chi connectivity index (χ4v) is 1.54. The van der Waals surface area contributed by atoms with Gasteiger partial charge in [0.1, 0.15) is 6.10 Å². The highest BCUT2D eigenvalue weighted by atomic mass is 16.5. The molecule has 1 saturated carbocycles. The normalized spacial score (nSPS) is 32.5. The SMILES string of the molecule is C=COC1CCCCCC1O. The van der Waals surface area contributed by atoms with Crippen LogP contribution in [-0.2, 0) is 4.74 Å². The van der Waals surface area contributed by atoms with E-state index < -0.39 is 0 Å². The van der Waals surface area contributed by atoms with Gasteiger partial charge in [-0.2, -0.15) is 0 Å². The average molecular weight is 156 g/mol. The molecule has 0 aromatic heterocycles. The van der Waals surface area contributed by atoms with Crippen molar-refractivity contribution in [3.05, 3.63) is 12.8 Å². The van der Waals surface area contributed by atoms with Crippen LogP contribution in [0.15, 0.2) is 12.8 Å². The molecule has 1 rings (SSSR count). The van der Waals surface area contributed by atoms with Gasteiger partial charge in [-0.15, -0.1) is 0 Å². The molecular formula is C9H16O2. The first-order valence-corrected chi connectivity index (χ1v) is 4.29. The highest BCUT2D eigenvalue weighted by molar-refractivity contribution is 4.74. The van der Waals surface area contributed by atoms with Crippen LogP contribution >= 0.6 is 0 Å². The maximum absolute atomic E-state index is 9.51. The first kappa shape index (κ1) is 8.60. The minimum atomic E-state index is -0.282. The zero-order chi connectivity index (χ0) is 8.10. The van der Waals surface area contributed by atoms with Crippen LogP contribution in [0.2, 0.25) is 0 Å². The summed E-state index contributed by atoms with van der Waals surface area (Å²) in [5, 5.41) is 9.51. The van der Waals surface area contributed by atoms with Crippen molar-refractivity contribution in [1.29, 1.82) is 0 Å². The van der Waals surface area contributed by atoms with Crippen molar-refractivity contribution in [3.63, 3.8) is 0 Å². The van der Waals surface area contributed by atoms with Crippen LogP contribution in [0.1, 0.15) is 32.1 Å². The van der Waals surface area contributed by atoms with Crippen molar-refractivity contribution in [1.82, 2.24) is 0 Å². The lowest BCUT2D eigenvalue weighted by Crippen LogP contribution is -2.25. The van der Waals surface area contributed by atoms with Crippen molar-refractivity contribution < 1.29 is 9.84 Å². The Morgan fingerprint density at radius 2 is 2.00 bits per heavy atom. The van der Waals surface area contributed by atoms with Gasteiger partial charge in [0.2, 0.25) is 0 Å². The van der Waals surface area contributed by atoms with Crippen LogP contribution in [0.3, 0.4) is 0 Å². The molecule has 0 aromatic carbocycles. The first-order valence-electron chi connectivity index (χ1n) is 4.29. The van der Waals surface area contributed by atoms with Crippen LogP contribution in [0, 0.1) is 0 Å². The standard InChI is InChI=1S/C9H16O2/c1-2-11-9-7-5-3-4-6-8(9)10/h2,8-10H,1,3-7H2. The van der Waals surface area contributed by atoms with E-state index in [4.69, 9.17) is 4.74 Å². The molecule has 1 N–H and O–H groups in total.